The zero-order chi connectivity index (χ0) is 7.97. The standard InChI is InChI=1S/C9H8N2O/c1-6-3-10-4-7(6)2-9-8(1)11-5-12-9/h1-2,5,10H,3-4H2. The fourth-order valence-corrected chi connectivity index (χ4v) is 1.65. The second kappa shape index (κ2) is 2.08. The largest absolute Gasteiger partial charge is 0.443 e. The van der Waals surface area contributed by atoms with Crippen LogP contribution in [0, 0.1) is 0 Å². The molecule has 1 aromatic heterocycles. The second-order valence-corrected chi connectivity index (χ2v) is 3.04. The van der Waals surface area contributed by atoms with Gasteiger partial charge in [0.2, 0.25) is 0 Å². The minimum Gasteiger partial charge on any atom is -0.443 e. The van der Waals surface area contributed by atoms with Crippen molar-refractivity contribution >= 4 is 11.1 Å². The molecule has 0 radical (unpaired) electrons. The van der Waals surface area contributed by atoms with E-state index in [9.17, 15) is 0 Å². The van der Waals surface area contributed by atoms with E-state index < -0.39 is 0 Å². The summed E-state index contributed by atoms with van der Waals surface area (Å²) < 4.78 is 5.20. The van der Waals surface area contributed by atoms with Gasteiger partial charge in [-0.05, 0) is 23.3 Å². The Morgan fingerprint density at radius 1 is 1.25 bits per heavy atom. The van der Waals surface area contributed by atoms with Crippen LogP contribution in [0.4, 0.5) is 0 Å². The average molecular weight is 160 g/mol. The second-order valence-electron chi connectivity index (χ2n) is 3.04. The number of fused-ring (bicyclic) bond motifs is 2. The number of nitrogens with one attached hydrogen (secondary N) is 1. The van der Waals surface area contributed by atoms with Gasteiger partial charge in [-0.1, -0.05) is 0 Å². The van der Waals surface area contributed by atoms with Crippen LogP contribution in [0.2, 0.25) is 0 Å². The van der Waals surface area contributed by atoms with Crippen molar-refractivity contribution in [1.29, 1.82) is 0 Å². The minimum atomic E-state index is 0.887. The van der Waals surface area contributed by atoms with E-state index in [-0.39, 0.29) is 0 Å². The summed E-state index contributed by atoms with van der Waals surface area (Å²) in [4.78, 5) is 4.10. The highest BCUT2D eigenvalue weighted by Crippen LogP contribution is 2.22. The maximum atomic E-state index is 5.20. The highest BCUT2D eigenvalue weighted by Gasteiger charge is 2.12. The van der Waals surface area contributed by atoms with Crippen LogP contribution in [0.3, 0.4) is 0 Å². The van der Waals surface area contributed by atoms with E-state index >= 15 is 0 Å². The molecule has 3 rings (SSSR count). The maximum Gasteiger partial charge on any atom is 0.181 e. The lowest BCUT2D eigenvalue weighted by molar-refractivity contribution is 0.601. The third-order valence-corrected chi connectivity index (χ3v) is 2.28. The van der Waals surface area contributed by atoms with E-state index in [1.54, 1.807) is 0 Å². The van der Waals surface area contributed by atoms with Crippen molar-refractivity contribution in [2.75, 3.05) is 0 Å². The Morgan fingerprint density at radius 2 is 2.08 bits per heavy atom. The predicted molar refractivity (Wildman–Crippen MR) is 44.6 cm³/mol. The summed E-state index contributed by atoms with van der Waals surface area (Å²) in [7, 11) is 0. The lowest BCUT2D eigenvalue weighted by atomic mass is 10.1. The van der Waals surface area contributed by atoms with Gasteiger partial charge in [0.25, 0.3) is 0 Å². The molecule has 0 bridgehead atoms. The summed E-state index contributed by atoms with van der Waals surface area (Å²) in [6.07, 6.45) is 1.49. The number of benzene rings is 1. The molecule has 0 unspecified atom stereocenters. The summed E-state index contributed by atoms with van der Waals surface area (Å²) >= 11 is 0. The predicted octanol–water partition coefficient (Wildman–Crippen LogP) is 1.43. The number of hydrogen-bond donors (Lipinski definition) is 1. The fraction of sp³-hybridized carbons (Fsp3) is 0.222. The van der Waals surface area contributed by atoms with Crippen LogP contribution in [-0.2, 0) is 13.1 Å². The number of rotatable bonds is 0. The summed E-state index contributed by atoms with van der Waals surface area (Å²) in [5, 5.41) is 3.28. The van der Waals surface area contributed by atoms with Crippen molar-refractivity contribution in [3.05, 3.63) is 29.7 Å². The molecule has 1 aliphatic rings. The topological polar surface area (TPSA) is 38.1 Å². The molecule has 1 aromatic carbocycles. The highest BCUT2D eigenvalue weighted by molar-refractivity contribution is 5.74. The smallest absolute Gasteiger partial charge is 0.181 e. The van der Waals surface area contributed by atoms with Gasteiger partial charge in [-0.15, -0.1) is 0 Å². The molecule has 0 spiro atoms. The molecule has 0 aliphatic carbocycles. The highest BCUT2D eigenvalue weighted by atomic mass is 16.3. The van der Waals surface area contributed by atoms with E-state index in [0.29, 0.717) is 0 Å². The molecule has 0 saturated carbocycles. The van der Waals surface area contributed by atoms with Gasteiger partial charge >= 0.3 is 0 Å². The van der Waals surface area contributed by atoms with Crippen molar-refractivity contribution in [2.24, 2.45) is 0 Å². The van der Waals surface area contributed by atoms with Crippen LogP contribution in [0.1, 0.15) is 11.1 Å². The van der Waals surface area contributed by atoms with Crippen LogP contribution in [-0.4, -0.2) is 4.98 Å². The first-order valence-electron chi connectivity index (χ1n) is 3.99. The molecular weight excluding hydrogens is 152 g/mol. The van der Waals surface area contributed by atoms with Crippen LogP contribution in [0.25, 0.3) is 11.1 Å². The van der Waals surface area contributed by atoms with Crippen molar-refractivity contribution < 1.29 is 4.42 Å². The third-order valence-electron chi connectivity index (χ3n) is 2.28. The number of nitrogens with zero attached hydrogens (tertiary/aromatic N) is 1. The first-order chi connectivity index (χ1) is 5.93. The Balaban J connectivity index is 2.38. The normalized spacial score (nSPS) is 15.3. The molecule has 2 aromatic rings. The summed E-state index contributed by atoms with van der Waals surface area (Å²) in [5.74, 6) is 0. The van der Waals surface area contributed by atoms with Gasteiger partial charge in [0.1, 0.15) is 5.52 Å². The van der Waals surface area contributed by atoms with Crippen molar-refractivity contribution in [3.63, 3.8) is 0 Å². The van der Waals surface area contributed by atoms with E-state index in [4.69, 9.17) is 4.42 Å². The zero-order valence-corrected chi connectivity index (χ0v) is 6.50. The molecule has 3 nitrogen and oxygen atoms in total. The van der Waals surface area contributed by atoms with E-state index in [2.05, 4.69) is 22.4 Å². The van der Waals surface area contributed by atoms with E-state index in [1.165, 1.54) is 17.5 Å². The summed E-state index contributed by atoms with van der Waals surface area (Å²) in [5.41, 5.74) is 4.52. The Morgan fingerprint density at radius 3 is 3.00 bits per heavy atom. The third kappa shape index (κ3) is 0.713. The van der Waals surface area contributed by atoms with Crippen LogP contribution >= 0.6 is 0 Å². The molecular formula is C9H8N2O. The summed E-state index contributed by atoms with van der Waals surface area (Å²) in [6, 6.07) is 4.16. The molecule has 2 heterocycles. The average Bonchev–Trinajstić information content (AvgIpc) is 2.64. The van der Waals surface area contributed by atoms with Gasteiger partial charge in [-0.25, -0.2) is 4.98 Å². The summed E-state index contributed by atoms with van der Waals surface area (Å²) in [6.45, 7) is 1.91. The molecule has 0 atom stereocenters. The fourth-order valence-electron chi connectivity index (χ4n) is 1.65. The van der Waals surface area contributed by atoms with Crippen molar-refractivity contribution in [3.8, 4) is 0 Å². The molecule has 0 saturated heterocycles. The van der Waals surface area contributed by atoms with Crippen LogP contribution in [0.5, 0.6) is 0 Å². The van der Waals surface area contributed by atoms with Gasteiger partial charge in [-0.3, -0.25) is 0 Å². The molecule has 3 heteroatoms. The van der Waals surface area contributed by atoms with E-state index in [1.807, 2.05) is 0 Å². The zero-order valence-electron chi connectivity index (χ0n) is 6.50. The molecule has 0 fully saturated rings. The quantitative estimate of drug-likeness (QED) is 0.633. The first kappa shape index (κ1) is 6.20. The Labute approximate surface area is 69.4 Å². The number of oxazole rings is 1. The van der Waals surface area contributed by atoms with Gasteiger partial charge < -0.3 is 9.73 Å². The lowest BCUT2D eigenvalue weighted by Crippen LogP contribution is -1.99. The number of hydrogen-bond acceptors (Lipinski definition) is 3. The van der Waals surface area contributed by atoms with Crippen LogP contribution < -0.4 is 5.32 Å². The van der Waals surface area contributed by atoms with Crippen molar-refractivity contribution in [1.82, 2.24) is 10.3 Å². The Bertz CT molecular complexity index is 395. The van der Waals surface area contributed by atoms with E-state index in [0.717, 1.165) is 24.2 Å². The van der Waals surface area contributed by atoms with Gasteiger partial charge in [0, 0.05) is 13.1 Å². The molecule has 60 valence electrons. The lowest BCUT2D eigenvalue weighted by Gasteiger charge is -1.94. The maximum absolute atomic E-state index is 5.20. The molecule has 0 amide bonds. The number of aromatic nitrogens is 1. The van der Waals surface area contributed by atoms with Gasteiger partial charge in [-0.2, -0.15) is 0 Å². The molecule has 1 aliphatic heterocycles. The van der Waals surface area contributed by atoms with Gasteiger partial charge in [0.05, 0.1) is 0 Å². The van der Waals surface area contributed by atoms with Crippen LogP contribution in [0.15, 0.2) is 22.9 Å². The Hall–Kier alpha value is -1.35. The SMILES string of the molecule is c1nc2cc3c(cc2o1)CNC3. The first-order valence-corrected chi connectivity index (χ1v) is 3.99. The van der Waals surface area contributed by atoms with Gasteiger partial charge in [0.15, 0.2) is 12.0 Å². The Kier molecular flexibility index (Phi) is 1.07. The molecule has 1 N–H and O–H groups in total. The monoisotopic (exact) mass is 160 g/mol. The molecule has 12 heavy (non-hydrogen) atoms. The van der Waals surface area contributed by atoms with Crippen molar-refractivity contribution in [2.45, 2.75) is 13.1 Å². The minimum absolute atomic E-state index is 0.887.